The molecule has 0 bridgehead atoms. The molecule has 0 unspecified atom stereocenters. The molecule has 0 radical (unpaired) electrons. The van der Waals surface area contributed by atoms with Crippen molar-refractivity contribution in [3.05, 3.63) is 40.9 Å². The summed E-state index contributed by atoms with van der Waals surface area (Å²) in [6.07, 6.45) is 0. The molecule has 0 saturated carbocycles. The fraction of sp³-hybridized carbons (Fsp3) is 0. The molecule has 0 saturated heterocycles. The van der Waals surface area contributed by atoms with Gasteiger partial charge in [-0.25, -0.2) is 0 Å². The van der Waals surface area contributed by atoms with E-state index in [4.69, 9.17) is 18.0 Å². The summed E-state index contributed by atoms with van der Waals surface area (Å²) in [7, 11) is 0. The molecule has 4 heteroatoms. The van der Waals surface area contributed by atoms with Gasteiger partial charge >= 0.3 is 0 Å². The number of benzene rings is 2. The van der Waals surface area contributed by atoms with Crippen LogP contribution in [-0.2, 0) is 0 Å². The normalized spacial score (nSPS) is 10.2. The molecule has 0 aromatic heterocycles. The first kappa shape index (κ1) is 10.4. The smallest absolute Gasteiger partial charge is 0.168 e. The second-order valence-electron chi connectivity index (χ2n) is 3.20. The lowest BCUT2D eigenvalue weighted by Gasteiger charge is -2.05. The van der Waals surface area contributed by atoms with Gasteiger partial charge in [0.1, 0.15) is 0 Å². The second kappa shape index (κ2) is 4.16. The molecule has 0 amide bonds. The number of hydrogen-bond acceptors (Lipinski definition) is 1. The van der Waals surface area contributed by atoms with Gasteiger partial charge in [-0.15, -0.1) is 0 Å². The SMILES string of the molecule is NC(=S)Nc1ccc2cc(Br)ccc2c1. The Balaban J connectivity index is 2.47. The molecule has 0 atom stereocenters. The van der Waals surface area contributed by atoms with Gasteiger partial charge in [-0.1, -0.05) is 28.1 Å². The van der Waals surface area contributed by atoms with E-state index in [0.29, 0.717) is 0 Å². The Labute approximate surface area is 102 Å². The monoisotopic (exact) mass is 280 g/mol. The highest BCUT2D eigenvalue weighted by atomic mass is 79.9. The zero-order valence-electron chi connectivity index (χ0n) is 7.83. The highest BCUT2D eigenvalue weighted by Gasteiger charge is 1.97. The number of nitrogens with one attached hydrogen (secondary N) is 1. The van der Waals surface area contributed by atoms with Crippen LogP contribution in [-0.4, -0.2) is 5.11 Å². The summed E-state index contributed by atoms with van der Waals surface area (Å²) >= 11 is 8.22. The Bertz CT molecular complexity index is 525. The third kappa shape index (κ3) is 2.46. The molecule has 3 N–H and O–H groups in total. The fourth-order valence-electron chi connectivity index (χ4n) is 1.44. The van der Waals surface area contributed by atoms with E-state index in [0.717, 1.165) is 15.5 Å². The number of thiocarbonyl (C=S) groups is 1. The van der Waals surface area contributed by atoms with E-state index in [1.807, 2.05) is 30.3 Å². The first-order valence-electron chi connectivity index (χ1n) is 4.41. The molecule has 0 aliphatic rings. The predicted molar refractivity (Wildman–Crippen MR) is 72.1 cm³/mol. The number of anilines is 1. The Morgan fingerprint density at radius 2 is 1.80 bits per heavy atom. The maximum Gasteiger partial charge on any atom is 0.168 e. The second-order valence-corrected chi connectivity index (χ2v) is 4.55. The summed E-state index contributed by atoms with van der Waals surface area (Å²) in [6, 6.07) is 12.1. The van der Waals surface area contributed by atoms with Gasteiger partial charge in [0, 0.05) is 10.2 Å². The molecule has 2 aromatic carbocycles. The molecule has 0 fully saturated rings. The third-order valence-corrected chi connectivity index (χ3v) is 2.67. The van der Waals surface area contributed by atoms with Crippen LogP contribution in [0, 0.1) is 0 Å². The van der Waals surface area contributed by atoms with Crippen LogP contribution >= 0.6 is 28.1 Å². The third-order valence-electron chi connectivity index (χ3n) is 2.07. The summed E-state index contributed by atoms with van der Waals surface area (Å²) in [5.41, 5.74) is 6.32. The maximum absolute atomic E-state index is 5.41. The van der Waals surface area contributed by atoms with E-state index < -0.39 is 0 Å². The molecule has 15 heavy (non-hydrogen) atoms. The van der Waals surface area contributed by atoms with Crippen LogP contribution in [0.4, 0.5) is 5.69 Å². The lowest BCUT2D eigenvalue weighted by atomic mass is 10.1. The summed E-state index contributed by atoms with van der Waals surface area (Å²) in [4.78, 5) is 0. The zero-order valence-corrected chi connectivity index (χ0v) is 10.2. The number of nitrogens with two attached hydrogens (primary N) is 1. The average Bonchev–Trinajstić information content (AvgIpc) is 2.17. The van der Waals surface area contributed by atoms with Gasteiger partial charge in [0.2, 0.25) is 0 Å². The largest absolute Gasteiger partial charge is 0.376 e. The van der Waals surface area contributed by atoms with Crippen LogP contribution in [0.25, 0.3) is 10.8 Å². The first-order valence-corrected chi connectivity index (χ1v) is 5.61. The van der Waals surface area contributed by atoms with Crippen molar-refractivity contribution in [2.75, 3.05) is 5.32 Å². The van der Waals surface area contributed by atoms with Crippen molar-refractivity contribution in [3.8, 4) is 0 Å². The number of rotatable bonds is 1. The van der Waals surface area contributed by atoms with Crippen LogP contribution in [0.15, 0.2) is 40.9 Å². The average molecular weight is 281 g/mol. The highest BCUT2D eigenvalue weighted by molar-refractivity contribution is 9.10. The van der Waals surface area contributed by atoms with Crippen molar-refractivity contribution in [1.29, 1.82) is 0 Å². The molecule has 0 spiro atoms. The van der Waals surface area contributed by atoms with E-state index in [-0.39, 0.29) is 5.11 Å². The van der Waals surface area contributed by atoms with Crippen molar-refractivity contribution in [1.82, 2.24) is 0 Å². The fourth-order valence-corrected chi connectivity index (χ4v) is 1.93. The highest BCUT2D eigenvalue weighted by Crippen LogP contribution is 2.22. The van der Waals surface area contributed by atoms with E-state index in [9.17, 15) is 0 Å². The number of fused-ring (bicyclic) bond motifs is 1. The van der Waals surface area contributed by atoms with Gasteiger partial charge in [0.25, 0.3) is 0 Å². The molecule has 0 aliphatic carbocycles. The van der Waals surface area contributed by atoms with Crippen LogP contribution in [0.1, 0.15) is 0 Å². The predicted octanol–water partition coefficient (Wildman–Crippen LogP) is 3.26. The van der Waals surface area contributed by atoms with Gasteiger partial charge in [-0.05, 0) is 47.3 Å². The number of hydrogen-bond donors (Lipinski definition) is 2. The van der Waals surface area contributed by atoms with Crippen LogP contribution < -0.4 is 11.1 Å². The van der Waals surface area contributed by atoms with Crippen molar-refractivity contribution < 1.29 is 0 Å². The topological polar surface area (TPSA) is 38.0 Å². The lowest BCUT2D eigenvalue weighted by molar-refractivity contribution is 1.63. The van der Waals surface area contributed by atoms with Gasteiger partial charge in [-0.2, -0.15) is 0 Å². The van der Waals surface area contributed by atoms with Gasteiger partial charge in [0.15, 0.2) is 5.11 Å². The van der Waals surface area contributed by atoms with E-state index in [1.165, 1.54) is 5.39 Å². The van der Waals surface area contributed by atoms with Crippen molar-refractivity contribution >= 4 is 49.7 Å². The molecule has 76 valence electrons. The molecule has 0 heterocycles. The summed E-state index contributed by atoms with van der Waals surface area (Å²) in [5.74, 6) is 0. The van der Waals surface area contributed by atoms with Gasteiger partial charge in [0.05, 0.1) is 0 Å². The summed E-state index contributed by atoms with van der Waals surface area (Å²) in [5, 5.41) is 5.52. The van der Waals surface area contributed by atoms with E-state index in [1.54, 1.807) is 0 Å². The Hall–Kier alpha value is -1.13. The molecule has 2 aromatic rings. The quantitative estimate of drug-likeness (QED) is 0.788. The van der Waals surface area contributed by atoms with Crippen LogP contribution in [0.5, 0.6) is 0 Å². The van der Waals surface area contributed by atoms with Crippen LogP contribution in [0.3, 0.4) is 0 Å². The first-order chi connectivity index (χ1) is 7.15. The van der Waals surface area contributed by atoms with Crippen LogP contribution in [0.2, 0.25) is 0 Å². The minimum absolute atomic E-state index is 0.284. The summed E-state index contributed by atoms with van der Waals surface area (Å²) in [6.45, 7) is 0. The van der Waals surface area contributed by atoms with E-state index in [2.05, 4.69) is 27.3 Å². The lowest BCUT2D eigenvalue weighted by Crippen LogP contribution is -2.18. The Kier molecular flexibility index (Phi) is 2.88. The molecular weight excluding hydrogens is 272 g/mol. The Morgan fingerprint density at radius 3 is 2.53 bits per heavy atom. The molecule has 2 rings (SSSR count). The summed E-state index contributed by atoms with van der Waals surface area (Å²) < 4.78 is 1.07. The van der Waals surface area contributed by atoms with Gasteiger partial charge in [-0.3, -0.25) is 0 Å². The minimum atomic E-state index is 0.284. The minimum Gasteiger partial charge on any atom is -0.376 e. The Morgan fingerprint density at radius 1 is 1.13 bits per heavy atom. The molecule has 2 nitrogen and oxygen atoms in total. The number of halogens is 1. The molecular formula is C11H9BrN2S. The van der Waals surface area contributed by atoms with Crippen molar-refractivity contribution in [3.63, 3.8) is 0 Å². The van der Waals surface area contributed by atoms with Crippen molar-refractivity contribution in [2.45, 2.75) is 0 Å². The maximum atomic E-state index is 5.41. The van der Waals surface area contributed by atoms with E-state index >= 15 is 0 Å². The van der Waals surface area contributed by atoms with Crippen molar-refractivity contribution in [2.24, 2.45) is 5.73 Å². The van der Waals surface area contributed by atoms with Gasteiger partial charge < -0.3 is 11.1 Å². The molecule has 0 aliphatic heterocycles. The zero-order chi connectivity index (χ0) is 10.8. The standard InChI is InChI=1S/C11H9BrN2S/c12-9-3-1-8-6-10(14-11(13)15)4-2-7(8)5-9/h1-6H,(H3,13,14,15).